The van der Waals surface area contributed by atoms with Crippen LogP contribution in [0.3, 0.4) is 0 Å². The van der Waals surface area contributed by atoms with Gasteiger partial charge >= 0.3 is 0 Å². The van der Waals surface area contributed by atoms with Crippen molar-refractivity contribution >= 4 is 40.8 Å². The molecule has 0 saturated heterocycles. The summed E-state index contributed by atoms with van der Waals surface area (Å²) in [7, 11) is 0. The standard InChI is InChI=1S/C33H31NO3S2/c1-20-8-12-22(13-9-20)38-26-7-5-6-24-28(26)32(37)29-25(34-18-33(3,4)19-35)16-17-27(30(29)31(24)36)39-23-14-10-21(2)11-15-23/h5-17,34-35H,18-19H2,1-4H3. The van der Waals surface area contributed by atoms with Crippen molar-refractivity contribution in [2.75, 3.05) is 18.5 Å². The molecular formula is C33H31NO3S2. The molecule has 0 spiro atoms. The van der Waals surface area contributed by atoms with Crippen LogP contribution in [-0.4, -0.2) is 29.8 Å². The number of aliphatic hydroxyl groups is 1. The molecule has 0 radical (unpaired) electrons. The highest BCUT2D eigenvalue weighted by molar-refractivity contribution is 7.99. The van der Waals surface area contributed by atoms with Crippen LogP contribution >= 0.6 is 23.5 Å². The average Bonchev–Trinajstić information content (AvgIpc) is 2.93. The number of ketones is 2. The summed E-state index contributed by atoms with van der Waals surface area (Å²) in [4.78, 5) is 32.0. The van der Waals surface area contributed by atoms with E-state index in [4.69, 9.17) is 0 Å². The average molecular weight is 554 g/mol. The lowest BCUT2D eigenvalue weighted by Crippen LogP contribution is -2.29. The summed E-state index contributed by atoms with van der Waals surface area (Å²) in [6.45, 7) is 8.43. The summed E-state index contributed by atoms with van der Waals surface area (Å²) in [5.41, 5.74) is 4.25. The van der Waals surface area contributed by atoms with Gasteiger partial charge in [-0.2, -0.15) is 0 Å². The Morgan fingerprint density at radius 3 is 1.82 bits per heavy atom. The molecule has 0 aliphatic heterocycles. The van der Waals surface area contributed by atoms with Crippen LogP contribution in [0, 0.1) is 19.3 Å². The maximum absolute atomic E-state index is 14.3. The Bertz CT molecular complexity index is 1560. The van der Waals surface area contributed by atoms with Crippen LogP contribution in [0.4, 0.5) is 5.69 Å². The Balaban J connectivity index is 1.62. The van der Waals surface area contributed by atoms with Gasteiger partial charge in [-0.15, -0.1) is 0 Å². The Morgan fingerprint density at radius 2 is 1.26 bits per heavy atom. The fraction of sp³-hybridized carbons (Fsp3) is 0.212. The topological polar surface area (TPSA) is 66.4 Å². The summed E-state index contributed by atoms with van der Waals surface area (Å²) < 4.78 is 0. The van der Waals surface area contributed by atoms with E-state index < -0.39 is 5.41 Å². The molecular weight excluding hydrogens is 523 g/mol. The molecule has 198 valence electrons. The first-order valence-corrected chi connectivity index (χ1v) is 14.5. The molecule has 2 N–H and O–H groups in total. The second-order valence-corrected chi connectivity index (χ2v) is 12.9. The normalized spacial score (nSPS) is 12.7. The molecule has 5 rings (SSSR count). The zero-order valence-electron chi connectivity index (χ0n) is 22.5. The molecule has 0 heterocycles. The lowest BCUT2D eigenvalue weighted by molar-refractivity contribution is 0.0975. The number of hydrogen-bond acceptors (Lipinski definition) is 6. The fourth-order valence-corrected chi connectivity index (χ4v) is 6.37. The first-order valence-electron chi connectivity index (χ1n) is 12.9. The number of aliphatic hydroxyl groups excluding tert-OH is 1. The van der Waals surface area contributed by atoms with Crippen LogP contribution in [0.15, 0.2) is 98.4 Å². The highest BCUT2D eigenvalue weighted by atomic mass is 32.2. The largest absolute Gasteiger partial charge is 0.396 e. The number of carbonyl (C=O) groups is 2. The van der Waals surface area contributed by atoms with Crippen LogP contribution in [0.25, 0.3) is 0 Å². The van der Waals surface area contributed by atoms with Crippen LogP contribution in [0.1, 0.15) is 56.8 Å². The van der Waals surface area contributed by atoms with Crippen LogP contribution in [0.5, 0.6) is 0 Å². The second kappa shape index (κ2) is 11.0. The highest BCUT2D eigenvalue weighted by Crippen LogP contribution is 2.43. The Hall–Kier alpha value is -3.32. The lowest BCUT2D eigenvalue weighted by atomic mass is 9.83. The first-order chi connectivity index (χ1) is 18.7. The minimum Gasteiger partial charge on any atom is -0.396 e. The van der Waals surface area contributed by atoms with Crippen LogP contribution in [-0.2, 0) is 0 Å². The van der Waals surface area contributed by atoms with Crippen molar-refractivity contribution < 1.29 is 14.7 Å². The van der Waals surface area contributed by atoms with Crippen molar-refractivity contribution in [3.05, 3.63) is 112 Å². The van der Waals surface area contributed by atoms with E-state index >= 15 is 0 Å². The Kier molecular flexibility index (Phi) is 7.72. The number of nitrogens with one attached hydrogen (secondary N) is 1. The molecule has 0 fully saturated rings. The van der Waals surface area contributed by atoms with Crippen molar-refractivity contribution in [1.82, 2.24) is 0 Å². The number of fused-ring (bicyclic) bond motifs is 2. The minimum atomic E-state index is -0.395. The summed E-state index contributed by atoms with van der Waals surface area (Å²) in [6.07, 6.45) is 0. The maximum atomic E-state index is 14.3. The monoisotopic (exact) mass is 553 g/mol. The van der Waals surface area contributed by atoms with Crippen molar-refractivity contribution in [2.24, 2.45) is 5.41 Å². The van der Waals surface area contributed by atoms with E-state index in [9.17, 15) is 14.7 Å². The van der Waals surface area contributed by atoms with E-state index in [0.717, 1.165) is 30.7 Å². The summed E-state index contributed by atoms with van der Waals surface area (Å²) in [5, 5.41) is 13.2. The Labute approximate surface area is 238 Å². The predicted octanol–water partition coefficient (Wildman–Crippen LogP) is 7.81. The van der Waals surface area contributed by atoms with Crippen molar-refractivity contribution in [3.8, 4) is 0 Å². The summed E-state index contributed by atoms with van der Waals surface area (Å²) in [5.74, 6) is -0.309. The zero-order chi connectivity index (χ0) is 27.7. The molecule has 39 heavy (non-hydrogen) atoms. The number of carbonyl (C=O) groups excluding carboxylic acids is 2. The van der Waals surface area contributed by atoms with Gasteiger partial charge in [0.15, 0.2) is 11.6 Å². The third-order valence-corrected chi connectivity index (χ3v) is 8.94. The number of hydrogen-bond donors (Lipinski definition) is 2. The highest BCUT2D eigenvalue weighted by Gasteiger charge is 2.36. The van der Waals surface area contributed by atoms with Gasteiger partial charge in [-0.05, 0) is 56.3 Å². The molecule has 0 bridgehead atoms. The maximum Gasteiger partial charge on any atom is 0.197 e. The molecule has 4 aromatic carbocycles. The first kappa shape index (κ1) is 27.3. The van der Waals surface area contributed by atoms with Crippen LogP contribution in [0.2, 0.25) is 0 Å². The molecule has 6 heteroatoms. The van der Waals surface area contributed by atoms with Gasteiger partial charge in [-0.3, -0.25) is 9.59 Å². The summed E-state index contributed by atoms with van der Waals surface area (Å²) >= 11 is 2.99. The third kappa shape index (κ3) is 5.69. The SMILES string of the molecule is Cc1ccc(Sc2cccc3c2C(=O)c2c(NCC(C)(C)CO)ccc(Sc4ccc(C)cc4)c2C3=O)cc1. The molecule has 4 nitrogen and oxygen atoms in total. The van der Waals surface area contributed by atoms with Crippen molar-refractivity contribution in [2.45, 2.75) is 47.3 Å². The second-order valence-electron chi connectivity index (χ2n) is 10.7. The molecule has 0 aromatic heterocycles. The lowest BCUT2D eigenvalue weighted by Gasteiger charge is -2.27. The van der Waals surface area contributed by atoms with Crippen molar-refractivity contribution in [3.63, 3.8) is 0 Å². The van der Waals surface area contributed by atoms with E-state index in [-0.39, 0.29) is 18.2 Å². The number of rotatable bonds is 8. The van der Waals surface area contributed by atoms with E-state index in [1.807, 2.05) is 100 Å². The fourth-order valence-electron chi connectivity index (χ4n) is 4.43. The van der Waals surface area contributed by atoms with E-state index in [1.165, 1.54) is 23.5 Å². The van der Waals surface area contributed by atoms with E-state index in [0.29, 0.717) is 34.5 Å². The van der Waals surface area contributed by atoms with Gasteiger partial charge in [0.2, 0.25) is 0 Å². The predicted molar refractivity (Wildman–Crippen MR) is 160 cm³/mol. The van der Waals surface area contributed by atoms with Gasteiger partial charge in [-0.25, -0.2) is 0 Å². The number of benzene rings is 4. The van der Waals surface area contributed by atoms with Gasteiger partial charge in [0.05, 0.1) is 5.56 Å². The van der Waals surface area contributed by atoms with Gasteiger partial charge in [0.1, 0.15) is 0 Å². The molecule has 0 atom stereocenters. The van der Waals surface area contributed by atoms with E-state index in [2.05, 4.69) is 5.32 Å². The van der Waals surface area contributed by atoms with Crippen LogP contribution < -0.4 is 5.32 Å². The molecule has 1 aliphatic carbocycles. The van der Waals surface area contributed by atoms with E-state index in [1.54, 1.807) is 6.07 Å². The number of aryl methyl sites for hydroxylation is 2. The van der Waals surface area contributed by atoms with Gasteiger partial charge in [0, 0.05) is 60.5 Å². The molecule has 4 aromatic rings. The molecule has 1 aliphatic rings. The van der Waals surface area contributed by atoms with Gasteiger partial charge in [-0.1, -0.05) is 84.9 Å². The van der Waals surface area contributed by atoms with Crippen molar-refractivity contribution in [1.29, 1.82) is 0 Å². The zero-order valence-corrected chi connectivity index (χ0v) is 24.1. The van der Waals surface area contributed by atoms with Gasteiger partial charge < -0.3 is 10.4 Å². The van der Waals surface area contributed by atoms with Gasteiger partial charge in [0.25, 0.3) is 0 Å². The Morgan fingerprint density at radius 1 is 0.692 bits per heavy atom. The minimum absolute atomic E-state index is 0.00337. The number of anilines is 1. The third-order valence-electron chi connectivity index (χ3n) is 6.80. The smallest absolute Gasteiger partial charge is 0.197 e. The quantitative estimate of drug-likeness (QED) is 0.204. The molecule has 0 amide bonds. The molecule has 0 saturated carbocycles. The summed E-state index contributed by atoms with van der Waals surface area (Å²) in [6, 6.07) is 25.6. The molecule has 0 unspecified atom stereocenters.